The van der Waals surface area contributed by atoms with Crippen molar-refractivity contribution in [3.8, 4) is 5.69 Å². The van der Waals surface area contributed by atoms with Crippen LogP contribution in [0.5, 0.6) is 0 Å². The molecule has 0 fully saturated rings. The van der Waals surface area contributed by atoms with E-state index in [1.54, 1.807) is 43.4 Å². The summed E-state index contributed by atoms with van der Waals surface area (Å²) < 4.78 is 1.75. The van der Waals surface area contributed by atoms with Crippen LogP contribution in [0.25, 0.3) is 5.69 Å². The second-order valence-corrected chi connectivity index (χ2v) is 5.97. The zero-order valence-corrected chi connectivity index (χ0v) is 14.1. The summed E-state index contributed by atoms with van der Waals surface area (Å²) in [5.41, 5.74) is 0.558. The molecule has 1 aliphatic rings. The van der Waals surface area contributed by atoms with Crippen molar-refractivity contribution >= 4 is 17.6 Å². The van der Waals surface area contributed by atoms with E-state index < -0.39 is 11.7 Å². The maximum atomic E-state index is 12.8. The van der Waals surface area contributed by atoms with Gasteiger partial charge in [0.05, 0.1) is 10.7 Å². The molecule has 1 amide bonds. The summed E-state index contributed by atoms with van der Waals surface area (Å²) in [5, 5.41) is 10.9. The minimum absolute atomic E-state index is 0.349. The number of allylic oxidation sites excluding steroid dienone is 2. The number of hydrogen-bond donors (Lipinski definition) is 0. The average Bonchev–Trinajstić information content (AvgIpc) is 3.18. The molecule has 24 heavy (non-hydrogen) atoms. The molecule has 126 valence electrons. The van der Waals surface area contributed by atoms with E-state index in [0.29, 0.717) is 10.7 Å². The maximum absolute atomic E-state index is 12.8. The molecule has 0 aliphatic heterocycles. The molecule has 0 N–H and O–H groups in total. The number of aromatic nitrogens is 4. The number of rotatable bonds is 3. The first-order valence-electron chi connectivity index (χ1n) is 7.51. The highest BCUT2D eigenvalue weighted by molar-refractivity contribution is 6.32. The highest BCUT2D eigenvalue weighted by Crippen LogP contribution is 2.22. The fourth-order valence-electron chi connectivity index (χ4n) is 2.63. The first kappa shape index (κ1) is 16.4. The lowest BCUT2D eigenvalue weighted by Crippen LogP contribution is -2.46. The first-order valence-corrected chi connectivity index (χ1v) is 7.89. The van der Waals surface area contributed by atoms with Crippen LogP contribution in [0.1, 0.15) is 19.3 Å². The van der Waals surface area contributed by atoms with E-state index in [1.807, 2.05) is 6.08 Å². The molecule has 0 atom stereocenters. The van der Waals surface area contributed by atoms with Crippen LogP contribution in [-0.4, -0.2) is 49.9 Å². The molecule has 0 radical (unpaired) electrons. The van der Waals surface area contributed by atoms with E-state index in [-0.39, 0.29) is 0 Å². The van der Waals surface area contributed by atoms with Gasteiger partial charge < -0.3 is 0 Å². The molecule has 1 aromatic heterocycles. The third-order valence-electron chi connectivity index (χ3n) is 3.71. The van der Waals surface area contributed by atoms with Gasteiger partial charge in [-0.05, 0) is 41.8 Å². The van der Waals surface area contributed by atoms with Gasteiger partial charge in [0.2, 0.25) is 0 Å². The summed E-state index contributed by atoms with van der Waals surface area (Å²) in [6.07, 6.45) is 4.65. The highest BCUT2D eigenvalue weighted by Gasteiger charge is 2.27. The predicted molar refractivity (Wildman–Crippen MR) is 88.9 cm³/mol. The van der Waals surface area contributed by atoms with Gasteiger partial charge in [-0.1, -0.05) is 29.8 Å². The smallest absolute Gasteiger partial charge is 0.244 e. The molecule has 8 nitrogen and oxygen atoms in total. The maximum Gasteiger partial charge on any atom is 0.377 e. The summed E-state index contributed by atoms with van der Waals surface area (Å²) in [5.74, 6) is 0. The quantitative estimate of drug-likeness (QED) is 0.625. The van der Waals surface area contributed by atoms with E-state index >= 15 is 0 Å². The Balaban J connectivity index is 2.00. The third-order valence-corrected chi connectivity index (χ3v) is 4.03. The lowest BCUT2D eigenvalue weighted by molar-refractivity contribution is 0.0909. The fourth-order valence-corrected chi connectivity index (χ4v) is 2.84. The molecular formula is C15H17ClN6O2. The Kier molecular flexibility index (Phi) is 4.50. The van der Waals surface area contributed by atoms with Gasteiger partial charge in [0, 0.05) is 19.8 Å². The van der Waals surface area contributed by atoms with E-state index in [4.69, 9.17) is 11.6 Å². The number of tetrazole rings is 1. The van der Waals surface area contributed by atoms with Crippen molar-refractivity contribution in [2.24, 2.45) is 0 Å². The molecule has 1 aromatic carbocycles. The Morgan fingerprint density at radius 2 is 2.00 bits per heavy atom. The van der Waals surface area contributed by atoms with Crippen LogP contribution in [0.4, 0.5) is 4.79 Å². The van der Waals surface area contributed by atoms with Crippen LogP contribution >= 0.6 is 11.6 Å². The van der Waals surface area contributed by atoms with Crippen LogP contribution in [0, 0.1) is 0 Å². The molecule has 0 bridgehead atoms. The first-order chi connectivity index (χ1) is 11.5. The van der Waals surface area contributed by atoms with Crippen molar-refractivity contribution in [3.05, 3.63) is 51.5 Å². The van der Waals surface area contributed by atoms with Gasteiger partial charge in [-0.2, -0.15) is 4.68 Å². The standard InChI is InChI=1S/C15H17ClN6O2/c1-19(2)22(11-7-3-4-8-11)15(24)21-14(23)20(17-18-21)13-10-6-5-9-12(13)16/h5-7,9-10H,3-4,8H2,1-2H3. The SMILES string of the molecule is CN(C)N(C(=O)n1nnn(-c2ccccc2Cl)c1=O)C1=CCCC1. The summed E-state index contributed by atoms with van der Waals surface area (Å²) in [6, 6.07) is 6.17. The predicted octanol–water partition coefficient (Wildman–Crippen LogP) is 1.90. The fraction of sp³-hybridized carbons (Fsp3) is 0.333. The Labute approximate surface area is 143 Å². The van der Waals surface area contributed by atoms with E-state index in [0.717, 1.165) is 34.3 Å². The van der Waals surface area contributed by atoms with Gasteiger partial charge in [0.15, 0.2) is 0 Å². The Bertz CT molecular complexity index is 854. The lowest BCUT2D eigenvalue weighted by atomic mass is 10.3. The van der Waals surface area contributed by atoms with Crippen molar-refractivity contribution in [3.63, 3.8) is 0 Å². The molecule has 0 unspecified atom stereocenters. The van der Waals surface area contributed by atoms with Crippen LogP contribution in [0.15, 0.2) is 40.8 Å². The number of nitrogens with zero attached hydrogens (tertiary/aromatic N) is 6. The van der Waals surface area contributed by atoms with Gasteiger partial charge in [-0.3, -0.25) is 0 Å². The topological polar surface area (TPSA) is 76.3 Å². The number of carbonyl (C=O) groups excluding carboxylic acids is 1. The monoisotopic (exact) mass is 348 g/mol. The van der Waals surface area contributed by atoms with Crippen LogP contribution in [-0.2, 0) is 0 Å². The van der Waals surface area contributed by atoms with Crippen molar-refractivity contribution in [1.29, 1.82) is 0 Å². The van der Waals surface area contributed by atoms with Crippen molar-refractivity contribution in [2.45, 2.75) is 19.3 Å². The molecule has 1 aliphatic carbocycles. The van der Waals surface area contributed by atoms with Crippen LogP contribution in [0.2, 0.25) is 5.02 Å². The number of amides is 1. The van der Waals surface area contributed by atoms with Crippen molar-refractivity contribution in [2.75, 3.05) is 14.1 Å². The van der Waals surface area contributed by atoms with Gasteiger partial charge in [0.25, 0.3) is 0 Å². The molecule has 3 rings (SSSR count). The third kappa shape index (κ3) is 2.85. The van der Waals surface area contributed by atoms with Crippen molar-refractivity contribution < 1.29 is 4.79 Å². The summed E-state index contributed by atoms with van der Waals surface area (Å²) in [6.45, 7) is 0. The molecule has 2 aromatic rings. The Morgan fingerprint density at radius 1 is 1.25 bits per heavy atom. The van der Waals surface area contributed by atoms with Gasteiger partial charge in [-0.25, -0.2) is 19.6 Å². The van der Waals surface area contributed by atoms with E-state index in [2.05, 4.69) is 10.4 Å². The second-order valence-electron chi connectivity index (χ2n) is 5.57. The number of benzene rings is 1. The zero-order valence-electron chi connectivity index (χ0n) is 13.4. The molecule has 0 saturated carbocycles. The second kappa shape index (κ2) is 6.58. The highest BCUT2D eigenvalue weighted by atomic mass is 35.5. The number of hydrazine groups is 1. The molecule has 0 saturated heterocycles. The molecule has 9 heteroatoms. The van der Waals surface area contributed by atoms with Crippen LogP contribution < -0.4 is 5.69 Å². The number of carbonyl (C=O) groups is 1. The van der Waals surface area contributed by atoms with Crippen molar-refractivity contribution in [1.82, 2.24) is 29.8 Å². The van der Waals surface area contributed by atoms with Gasteiger partial charge in [0.1, 0.15) is 0 Å². The normalized spacial score (nSPS) is 14.1. The number of halogens is 1. The van der Waals surface area contributed by atoms with Gasteiger partial charge in [-0.15, -0.1) is 4.68 Å². The lowest BCUT2D eigenvalue weighted by Gasteiger charge is -2.28. The zero-order chi connectivity index (χ0) is 17.3. The summed E-state index contributed by atoms with van der Waals surface area (Å²) >= 11 is 6.09. The average molecular weight is 349 g/mol. The molecule has 1 heterocycles. The Morgan fingerprint density at radius 3 is 2.62 bits per heavy atom. The van der Waals surface area contributed by atoms with Crippen LogP contribution in [0.3, 0.4) is 0 Å². The Hall–Kier alpha value is -2.45. The molecular weight excluding hydrogens is 332 g/mol. The number of hydrogen-bond acceptors (Lipinski definition) is 5. The van der Waals surface area contributed by atoms with E-state index in [9.17, 15) is 9.59 Å². The largest absolute Gasteiger partial charge is 0.377 e. The van der Waals surface area contributed by atoms with E-state index in [1.165, 1.54) is 5.01 Å². The minimum Gasteiger partial charge on any atom is -0.244 e. The van der Waals surface area contributed by atoms with Gasteiger partial charge >= 0.3 is 11.7 Å². The number of para-hydroxylation sites is 1. The molecule has 0 spiro atoms. The minimum atomic E-state index is -0.668. The summed E-state index contributed by atoms with van der Waals surface area (Å²) in [7, 11) is 3.47. The summed E-state index contributed by atoms with van der Waals surface area (Å²) in [4.78, 5) is 25.3.